The Hall–Kier alpha value is -1.08. The van der Waals surface area contributed by atoms with E-state index in [1.54, 1.807) is 0 Å². The average Bonchev–Trinajstić information content (AvgIpc) is 2.58. The third-order valence-corrected chi connectivity index (χ3v) is 5.31. The molecule has 0 aliphatic carbocycles. The first-order valence-electron chi connectivity index (χ1n) is 6.39. The van der Waals surface area contributed by atoms with Crippen LogP contribution in [0.3, 0.4) is 0 Å². The highest BCUT2D eigenvalue weighted by Crippen LogP contribution is 2.52. The molecule has 0 saturated heterocycles. The maximum absolute atomic E-state index is 2.29. The Bertz CT molecular complexity index is 434. The zero-order chi connectivity index (χ0) is 13.1. The number of allylic oxidation sites excluding steroid dienone is 8. The van der Waals surface area contributed by atoms with E-state index >= 15 is 0 Å². The summed E-state index contributed by atoms with van der Waals surface area (Å²) in [5.74, 6) is 0. The van der Waals surface area contributed by atoms with E-state index in [4.69, 9.17) is 0 Å². The van der Waals surface area contributed by atoms with E-state index < -0.39 is 0 Å². The standard InChI is InChI=1S/C16H24N/c1-9-10(2)14(6)17(13(9)5)15(7)11(3)12(4)16(17)8/h1-8H3/q+1. The Kier molecular flexibility index (Phi) is 2.52. The minimum Gasteiger partial charge on any atom is -0.209 e. The number of quaternary nitrogens is 1. The molecule has 0 bridgehead atoms. The second kappa shape index (κ2) is 3.46. The molecule has 2 heterocycles. The molecule has 1 nitrogen and oxygen atoms in total. The summed E-state index contributed by atoms with van der Waals surface area (Å²) < 4.78 is 0.912. The quantitative estimate of drug-likeness (QED) is 0.513. The van der Waals surface area contributed by atoms with Gasteiger partial charge in [-0.1, -0.05) is 0 Å². The van der Waals surface area contributed by atoms with Crippen LogP contribution in [0.15, 0.2) is 45.1 Å². The van der Waals surface area contributed by atoms with Crippen LogP contribution in [0.1, 0.15) is 55.4 Å². The van der Waals surface area contributed by atoms with Crippen molar-refractivity contribution in [3.63, 3.8) is 0 Å². The maximum Gasteiger partial charge on any atom is 0.124 e. The van der Waals surface area contributed by atoms with Crippen LogP contribution in [0.25, 0.3) is 0 Å². The van der Waals surface area contributed by atoms with Crippen molar-refractivity contribution in [2.45, 2.75) is 55.4 Å². The predicted octanol–water partition coefficient (Wildman–Crippen LogP) is 5.01. The van der Waals surface area contributed by atoms with Crippen molar-refractivity contribution >= 4 is 0 Å². The van der Waals surface area contributed by atoms with Crippen LogP contribution in [0, 0.1) is 0 Å². The SMILES string of the molecule is CC1=C(C)[N+]2(C(C)=C1C)C(C)=C(C)C(C)=C2C. The normalized spacial score (nSPS) is 24.0. The zero-order valence-corrected chi connectivity index (χ0v) is 12.4. The minimum atomic E-state index is 0.912. The molecule has 2 rings (SSSR count). The van der Waals surface area contributed by atoms with E-state index in [0.717, 1.165) is 4.48 Å². The lowest BCUT2D eigenvalue weighted by molar-refractivity contribution is -0.770. The maximum atomic E-state index is 2.29. The van der Waals surface area contributed by atoms with Crippen LogP contribution in [0.4, 0.5) is 0 Å². The lowest BCUT2D eigenvalue weighted by Gasteiger charge is -2.34. The summed E-state index contributed by atoms with van der Waals surface area (Å²) in [6.45, 7) is 18.2. The van der Waals surface area contributed by atoms with Gasteiger partial charge < -0.3 is 0 Å². The summed E-state index contributed by atoms with van der Waals surface area (Å²) in [5, 5.41) is 0. The first-order valence-corrected chi connectivity index (χ1v) is 6.39. The third-order valence-electron chi connectivity index (χ3n) is 5.31. The van der Waals surface area contributed by atoms with Crippen LogP contribution in [-0.4, -0.2) is 4.48 Å². The third kappa shape index (κ3) is 1.13. The van der Waals surface area contributed by atoms with E-state index in [9.17, 15) is 0 Å². The molecular formula is C16H24N+. The molecule has 0 N–H and O–H groups in total. The minimum absolute atomic E-state index is 0.912. The monoisotopic (exact) mass is 230 g/mol. The molecule has 0 radical (unpaired) electrons. The van der Waals surface area contributed by atoms with Gasteiger partial charge in [-0.05, 0) is 27.7 Å². The molecule has 0 atom stereocenters. The molecule has 0 amide bonds. The summed E-state index contributed by atoms with van der Waals surface area (Å²) in [6.07, 6.45) is 0. The van der Waals surface area contributed by atoms with Gasteiger partial charge in [0.25, 0.3) is 0 Å². The largest absolute Gasteiger partial charge is 0.209 e. The highest BCUT2D eigenvalue weighted by atomic mass is 15.4. The van der Waals surface area contributed by atoms with E-state index in [0.29, 0.717) is 0 Å². The molecule has 0 aromatic carbocycles. The second-order valence-electron chi connectivity index (χ2n) is 5.51. The van der Waals surface area contributed by atoms with Gasteiger partial charge in [0.2, 0.25) is 0 Å². The smallest absolute Gasteiger partial charge is 0.124 e. The van der Waals surface area contributed by atoms with Gasteiger partial charge in [-0.3, -0.25) is 0 Å². The Morgan fingerprint density at radius 1 is 0.412 bits per heavy atom. The lowest BCUT2D eigenvalue weighted by atomic mass is 10.1. The predicted molar refractivity (Wildman–Crippen MR) is 73.8 cm³/mol. The summed E-state index contributed by atoms with van der Waals surface area (Å²) >= 11 is 0. The molecule has 0 unspecified atom stereocenters. The van der Waals surface area contributed by atoms with Crippen LogP contribution in [-0.2, 0) is 0 Å². The van der Waals surface area contributed by atoms with Gasteiger partial charge >= 0.3 is 0 Å². The van der Waals surface area contributed by atoms with Gasteiger partial charge in [0.05, 0.1) is 0 Å². The van der Waals surface area contributed by atoms with Crippen molar-refractivity contribution in [2.24, 2.45) is 0 Å². The zero-order valence-electron chi connectivity index (χ0n) is 12.4. The van der Waals surface area contributed by atoms with Gasteiger partial charge in [-0.15, -0.1) is 0 Å². The number of nitrogens with zero attached hydrogens (tertiary/aromatic N) is 1. The Labute approximate surface area is 105 Å². The number of hydrogen-bond acceptors (Lipinski definition) is 0. The Morgan fingerprint density at radius 3 is 0.765 bits per heavy atom. The van der Waals surface area contributed by atoms with Crippen LogP contribution < -0.4 is 0 Å². The summed E-state index contributed by atoms with van der Waals surface area (Å²) in [6, 6.07) is 0. The molecule has 92 valence electrons. The summed E-state index contributed by atoms with van der Waals surface area (Å²) in [4.78, 5) is 0. The van der Waals surface area contributed by atoms with Crippen LogP contribution >= 0.6 is 0 Å². The van der Waals surface area contributed by atoms with Crippen molar-refractivity contribution < 1.29 is 4.48 Å². The molecule has 2 aliphatic heterocycles. The van der Waals surface area contributed by atoms with Gasteiger partial charge in [0, 0.05) is 50.0 Å². The first kappa shape index (κ1) is 12.4. The molecule has 0 fully saturated rings. The van der Waals surface area contributed by atoms with Crippen molar-refractivity contribution in [3.8, 4) is 0 Å². The molecule has 2 aliphatic rings. The molecule has 17 heavy (non-hydrogen) atoms. The topological polar surface area (TPSA) is 0 Å². The van der Waals surface area contributed by atoms with Crippen molar-refractivity contribution in [3.05, 3.63) is 45.1 Å². The van der Waals surface area contributed by atoms with Crippen molar-refractivity contribution in [1.29, 1.82) is 0 Å². The van der Waals surface area contributed by atoms with Crippen molar-refractivity contribution in [2.75, 3.05) is 0 Å². The molecule has 0 saturated carbocycles. The van der Waals surface area contributed by atoms with Crippen molar-refractivity contribution in [1.82, 2.24) is 0 Å². The first-order chi connectivity index (χ1) is 7.77. The van der Waals surface area contributed by atoms with E-state index in [1.807, 2.05) is 0 Å². The fourth-order valence-corrected chi connectivity index (χ4v) is 3.60. The van der Waals surface area contributed by atoms with E-state index in [2.05, 4.69) is 55.4 Å². The number of hydrogen-bond donors (Lipinski definition) is 0. The fraction of sp³-hybridized carbons (Fsp3) is 0.500. The van der Waals surface area contributed by atoms with Gasteiger partial charge in [0.1, 0.15) is 22.8 Å². The second-order valence-corrected chi connectivity index (χ2v) is 5.51. The molecule has 0 aromatic heterocycles. The van der Waals surface area contributed by atoms with Gasteiger partial charge in [0.15, 0.2) is 0 Å². The highest BCUT2D eigenvalue weighted by molar-refractivity contribution is 5.46. The number of rotatable bonds is 0. The Morgan fingerprint density at radius 2 is 0.588 bits per heavy atom. The fourth-order valence-electron chi connectivity index (χ4n) is 3.60. The van der Waals surface area contributed by atoms with Gasteiger partial charge in [-0.2, -0.15) is 0 Å². The van der Waals surface area contributed by atoms with Crippen LogP contribution in [0.5, 0.6) is 0 Å². The molecule has 1 spiro atoms. The molecule has 0 aromatic rings. The van der Waals surface area contributed by atoms with Gasteiger partial charge in [-0.25, -0.2) is 4.48 Å². The molecule has 1 heteroatoms. The summed E-state index contributed by atoms with van der Waals surface area (Å²) in [7, 11) is 0. The Balaban J connectivity index is 2.86. The average molecular weight is 230 g/mol. The van der Waals surface area contributed by atoms with E-state index in [1.165, 1.54) is 45.1 Å². The lowest BCUT2D eigenvalue weighted by Crippen LogP contribution is -2.37. The highest BCUT2D eigenvalue weighted by Gasteiger charge is 2.49. The van der Waals surface area contributed by atoms with E-state index in [-0.39, 0.29) is 0 Å². The summed E-state index contributed by atoms with van der Waals surface area (Å²) in [5.41, 5.74) is 11.8. The molecular weight excluding hydrogens is 206 g/mol. The van der Waals surface area contributed by atoms with Crippen LogP contribution in [0.2, 0.25) is 0 Å².